The Kier molecular flexibility index (Phi) is 3.86. The highest BCUT2D eigenvalue weighted by Crippen LogP contribution is 2.43. The maximum atomic E-state index is 12.4. The summed E-state index contributed by atoms with van der Waals surface area (Å²) in [5, 5.41) is 3.12. The number of carbonyl (C=O) groups excluding carboxylic acids is 1. The van der Waals surface area contributed by atoms with Crippen molar-refractivity contribution >= 4 is 5.91 Å². The Hall–Kier alpha value is -0.610. The van der Waals surface area contributed by atoms with Crippen molar-refractivity contribution in [3.05, 3.63) is 0 Å². The van der Waals surface area contributed by atoms with Gasteiger partial charge < -0.3 is 15.8 Å². The number of amides is 1. The molecule has 18 heavy (non-hydrogen) atoms. The lowest BCUT2D eigenvalue weighted by Gasteiger charge is -2.52. The lowest BCUT2D eigenvalue weighted by Crippen LogP contribution is -2.65. The van der Waals surface area contributed by atoms with Crippen molar-refractivity contribution < 1.29 is 9.53 Å². The van der Waals surface area contributed by atoms with Crippen LogP contribution in [-0.2, 0) is 9.53 Å². The first-order valence-electron chi connectivity index (χ1n) is 6.57. The number of rotatable bonds is 4. The fraction of sp³-hybridized carbons (Fsp3) is 0.929. The average molecular weight is 256 g/mol. The van der Waals surface area contributed by atoms with Crippen molar-refractivity contribution in [1.82, 2.24) is 5.32 Å². The summed E-state index contributed by atoms with van der Waals surface area (Å²) in [6.07, 6.45) is 1.09. The third-order valence-corrected chi connectivity index (χ3v) is 4.95. The zero-order valence-corrected chi connectivity index (χ0v) is 12.8. The number of nitrogens with one attached hydrogen (secondary N) is 1. The zero-order chi connectivity index (χ0) is 14.4. The Morgan fingerprint density at radius 2 is 1.83 bits per heavy atom. The van der Waals surface area contributed by atoms with Crippen LogP contribution in [0.15, 0.2) is 0 Å². The summed E-state index contributed by atoms with van der Waals surface area (Å²) in [6.45, 7) is 11.8. The second-order valence-corrected chi connectivity index (χ2v) is 7.15. The van der Waals surface area contributed by atoms with E-state index >= 15 is 0 Å². The fourth-order valence-electron chi connectivity index (χ4n) is 2.16. The molecule has 1 aliphatic carbocycles. The van der Waals surface area contributed by atoms with Gasteiger partial charge in [0.2, 0.25) is 5.91 Å². The van der Waals surface area contributed by atoms with Crippen LogP contribution >= 0.6 is 0 Å². The highest BCUT2D eigenvalue weighted by Gasteiger charge is 2.51. The van der Waals surface area contributed by atoms with Crippen molar-refractivity contribution in [2.24, 2.45) is 16.6 Å². The van der Waals surface area contributed by atoms with Gasteiger partial charge in [0.05, 0.1) is 11.5 Å². The molecular weight excluding hydrogens is 228 g/mol. The normalized spacial score (nSPS) is 27.6. The molecule has 0 aromatic carbocycles. The third-order valence-electron chi connectivity index (χ3n) is 4.95. The molecule has 1 saturated carbocycles. The van der Waals surface area contributed by atoms with Crippen LogP contribution in [0.1, 0.15) is 48.0 Å². The highest BCUT2D eigenvalue weighted by atomic mass is 16.5. The molecule has 1 fully saturated rings. The monoisotopic (exact) mass is 256 g/mol. The molecule has 2 atom stereocenters. The first-order chi connectivity index (χ1) is 7.94. The van der Waals surface area contributed by atoms with E-state index in [1.807, 2.05) is 27.7 Å². The topological polar surface area (TPSA) is 64.3 Å². The second-order valence-electron chi connectivity index (χ2n) is 7.15. The second kappa shape index (κ2) is 4.49. The van der Waals surface area contributed by atoms with Gasteiger partial charge in [0.15, 0.2) is 0 Å². The van der Waals surface area contributed by atoms with E-state index in [0.717, 1.165) is 6.42 Å². The summed E-state index contributed by atoms with van der Waals surface area (Å²) in [5.74, 6) is 0.0163. The molecule has 0 spiro atoms. The number of hydrogen-bond acceptors (Lipinski definition) is 3. The van der Waals surface area contributed by atoms with Gasteiger partial charge in [-0.1, -0.05) is 13.8 Å². The Morgan fingerprint density at radius 3 is 2.17 bits per heavy atom. The number of carbonyl (C=O) groups is 1. The summed E-state index contributed by atoms with van der Waals surface area (Å²) < 4.78 is 5.39. The predicted octanol–water partition coefficient (Wildman–Crippen LogP) is 1.68. The minimum absolute atomic E-state index is 0.0147. The van der Waals surface area contributed by atoms with Crippen molar-refractivity contribution in [2.75, 3.05) is 7.11 Å². The summed E-state index contributed by atoms with van der Waals surface area (Å²) in [6, 6.07) is 0.163. The molecule has 0 aromatic heterocycles. The minimum Gasteiger partial charge on any atom is -0.381 e. The molecule has 0 heterocycles. The molecule has 1 amide bonds. The smallest absolute Gasteiger partial charge is 0.227 e. The number of nitrogens with two attached hydrogens (primary N) is 1. The maximum Gasteiger partial charge on any atom is 0.227 e. The van der Waals surface area contributed by atoms with Crippen LogP contribution in [-0.4, -0.2) is 30.7 Å². The van der Waals surface area contributed by atoms with E-state index in [1.165, 1.54) is 0 Å². The number of methoxy groups -OCH3 is 1. The Balaban J connectivity index is 2.69. The van der Waals surface area contributed by atoms with E-state index in [2.05, 4.69) is 19.2 Å². The summed E-state index contributed by atoms with van der Waals surface area (Å²) in [5.41, 5.74) is 4.92. The van der Waals surface area contributed by atoms with Crippen LogP contribution in [0.2, 0.25) is 0 Å². The van der Waals surface area contributed by atoms with Gasteiger partial charge in [0, 0.05) is 24.1 Å². The van der Waals surface area contributed by atoms with Crippen LogP contribution < -0.4 is 11.1 Å². The van der Waals surface area contributed by atoms with Crippen molar-refractivity contribution in [3.8, 4) is 0 Å². The molecule has 0 radical (unpaired) electrons. The van der Waals surface area contributed by atoms with Crippen LogP contribution in [0.3, 0.4) is 0 Å². The molecule has 1 rings (SSSR count). The van der Waals surface area contributed by atoms with Gasteiger partial charge in [-0.2, -0.15) is 0 Å². The molecule has 0 aromatic rings. The molecule has 106 valence electrons. The molecule has 2 unspecified atom stereocenters. The van der Waals surface area contributed by atoms with E-state index in [1.54, 1.807) is 7.11 Å². The fourth-order valence-corrected chi connectivity index (χ4v) is 2.16. The summed E-state index contributed by atoms with van der Waals surface area (Å²) in [4.78, 5) is 12.4. The summed E-state index contributed by atoms with van der Waals surface area (Å²) >= 11 is 0. The molecule has 4 nitrogen and oxygen atoms in total. The third kappa shape index (κ3) is 2.41. The Labute approximate surface area is 111 Å². The predicted molar refractivity (Wildman–Crippen MR) is 73.2 cm³/mol. The Bertz CT molecular complexity index is 329. The SMILES string of the molecule is COC1CC(NC(=O)C(C)(C)C(C)(C)N)C1(C)C. The Morgan fingerprint density at radius 1 is 1.33 bits per heavy atom. The van der Waals surface area contributed by atoms with Gasteiger partial charge in [-0.25, -0.2) is 0 Å². The lowest BCUT2D eigenvalue weighted by atomic mass is 9.64. The largest absolute Gasteiger partial charge is 0.381 e. The van der Waals surface area contributed by atoms with Gasteiger partial charge in [0.25, 0.3) is 0 Å². The number of hydrogen-bond donors (Lipinski definition) is 2. The molecule has 0 aliphatic heterocycles. The van der Waals surface area contributed by atoms with Gasteiger partial charge >= 0.3 is 0 Å². The van der Waals surface area contributed by atoms with Gasteiger partial charge in [-0.15, -0.1) is 0 Å². The van der Waals surface area contributed by atoms with E-state index in [4.69, 9.17) is 10.5 Å². The lowest BCUT2D eigenvalue weighted by molar-refractivity contribution is -0.142. The van der Waals surface area contributed by atoms with Crippen LogP contribution in [0.4, 0.5) is 0 Å². The van der Waals surface area contributed by atoms with Crippen LogP contribution in [0, 0.1) is 10.8 Å². The quantitative estimate of drug-likeness (QED) is 0.804. The summed E-state index contributed by atoms with van der Waals surface area (Å²) in [7, 11) is 1.72. The molecule has 0 bridgehead atoms. The van der Waals surface area contributed by atoms with E-state index < -0.39 is 11.0 Å². The van der Waals surface area contributed by atoms with Crippen molar-refractivity contribution in [3.63, 3.8) is 0 Å². The van der Waals surface area contributed by atoms with Crippen LogP contribution in [0.25, 0.3) is 0 Å². The first kappa shape index (κ1) is 15.4. The number of ether oxygens (including phenoxy) is 1. The average Bonchev–Trinajstić information content (AvgIpc) is 2.21. The first-order valence-corrected chi connectivity index (χ1v) is 6.57. The zero-order valence-electron chi connectivity index (χ0n) is 12.8. The van der Waals surface area contributed by atoms with Gasteiger partial charge in [0.1, 0.15) is 0 Å². The van der Waals surface area contributed by atoms with E-state index in [-0.39, 0.29) is 23.5 Å². The molecule has 1 aliphatic rings. The molecule has 0 saturated heterocycles. The molecule has 3 N–H and O–H groups in total. The van der Waals surface area contributed by atoms with Crippen LogP contribution in [0.5, 0.6) is 0 Å². The van der Waals surface area contributed by atoms with Crippen molar-refractivity contribution in [2.45, 2.75) is 65.6 Å². The van der Waals surface area contributed by atoms with E-state index in [0.29, 0.717) is 0 Å². The maximum absolute atomic E-state index is 12.4. The van der Waals surface area contributed by atoms with Gasteiger partial charge in [-0.3, -0.25) is 4.79 Å². The molecular formula is C14H28N2O2. The van der Waals surface area contributed by atoms with Crippen molar-refractivity contribution in [1.29, 1.82) is 0 Å². The standard InChI is InChI=1S/C14H28N2O2/c1-12(2)9(8-10(12)18-7)16-11(17)13(3,4)14(5,6)15/h9-10H,8,15H2,1-7H3,(H,16,17). The van der Waals surface area contributed by atoms with Gasteiger partial charge in [-0.05, 0) is 34.1 Å². The highest BCUT2D eigenvalue weighted by molar-refractivity contribution is 5.83. The molecule has 4 heteroatoms. The van der Waals surface area contributed by atoms with E-state index in [9.17, 15) is 4.79 Å². The minimum atomic E-state index is -0.596.